The van der Waals surface area contributed by atoms with Crippen molar-refractivity contribution in [1.82, 2.24) is 14.8 Å². The van der Waals surface area contributed by atoms with Crippen LogP contribution in [-0.4, -0.2) is 39.8 Å². The summed E-state index contributed by atoms with van der Waals surface area (Å²) in [6.45, 7) is 2.24. The summed E-state index contributed by atoms with van der Waals surface area (Å²) in [7, 11) is 3.47. The van der Waals surface area contributed by atoms with Crippen molar-refractivity contribution in [2.24, 2.45) is 7.05 Å². The highest BCUT2D eigenvalue weighted by Gasteiger charge is 2.14. The molecule has 1 amide bonds. The summed E-state index contributed by atoms with van der Waals surface area (Å²) in [6.07, 6.45) is 1.98. The van der Waals surface area contributed by atoms with Gasteiger partial charge in [0.25, 0.3) is 0 Å². The fourth-order valence-electron chi connectivity index (χ4n) is 2.70. The zero-order chi connectivity index (χ0) is 21.5. The minimum absolute atomic E-state index is 0.0910. The van der Waals surface area contributed by atoms with E-state index in [2.05, 4.69) is 15.5 Å². The molecule has 0 saturated heterocycles. The predicted molar refractivity (Wildman–Crippen MR) is 121 cm³/mol. The van der Waals surface area contributed by atoms with E-state index in [4.69, 9.17) is 9.47 Å². The number of aryl methyl sites for hydroxylation is 1. The number of anilines is 1. The van der Waals surface area contributed by atoms with Crippen molar-refractivity contribution < 1.29 is 14.3 Å². The maximum Gasteiger partial charge on any atom is 0.234 e. The lowest BCUT2D eigenvalue weighted by molar-refractivity contribution is -0.113. The molecule has 2 aromatic carbocycles. The molecule has 0 spiro atoms. The van der Waals surface area contributed by atoms with Crippen LogP contribution < -0.4 is 14.8 Å². The number of para-hydroxylation sites is 1. The SMILES string of the molecule is COc1cc(C)ccc1OCc1nnc(SCC(=O)Nc2ccccc2SC)n1C. The number of nitrogens with zero attached hydrogens (tertiary/aromatic N) is 3. The van der Waals surface area contributed by atoms with Crippen molar-refractivity contribution in [2.45, 2.75) is 23.6 Å². The van der Waals surface area contributed by atoms with Gasteiger partial charge in [-0.1, -0.05) is 30.0 Å². The summed E-state index contributed by atoms with van der Waals surface area (Å²) in [4.78, 5) is 13.4. The first-order valence-electron chi connectivity index (χ1n) is 9.23. The van der Waals surface area contributed by atoms with Crippen LogP contribution in [0.3, 0.4) is 0 Å². The Morgan fingerprint density at radius 2 is 1.97 bits per heavy atom. The molecule has 1 heterocycles. The topological polar surface area (TPSA) is 78.3 Å². The lowest BCUT2D eigenvalue weighted by Crippen LogP contribution is -2.15. The van der Waals surface area contributed by atoms with Gasteiger partial charge in [0.2, 0.25) is 5.91 Å². The fraction of sp³-hybridized carbons (Fsp3) is 0.286. The maximum atomic E-state index is 12.3. The number of amides is 1. The van der Waals surface area contributed by atoms with Crippen molar-refractivity contribution in [3.63, 3.8) is 0 Å². The van der Waals surface area contributed by atoms with E-state index in [1.54, 1.807) is 18.9 Å². The summed E-state index contributed by atoms with van der Waals surface area (Å²) in [5.41, 5.74) is 1.91. The smallest absolute Gasteiger partial charge is 0.234 e. The van der Waals surface area contributed by atoms with Crippen LogP contribution in [0.5, 0.6) is 11.5 Å². The van der Waals surface area contributed by atoms with E-state index in [0.29, 0.717) is 22.5 Å². The van der Waals surface area contributed by atoms with Gasteiger partial charge in [0, 0.05) is 11.9 Å². The molecular formula is C21H24N4O3S2. The van der Waals surface area contributed by atoms with Gasteiger partial charge in [0.15, 0.2) is 22.5 Å². The van der Waals surface area contributed by atoms with E-state index in [0.717, 1.165) is 16.1 Å². The second-order valence-electron chi connectivity index (χ2n) is 6.44. The van der Waals surface area contributed by atoms with Crippen molar-refractivity contribution in [3.05, 3.63) is 53.9 Å². The quantitative estimate of drug-likeness (QED) is 0.497. The number of methoxy groups -OCH3 is 1. The molecule has 0 saturated carbocycles. The van der Waals surface area contributed by atoms with E-state index >= 15 is 0 Å². The first kappa shape index (κ1) is 22.0. The van der Waals surface area contributed by atoms with Crippen LogP contribution >= 0.6 is 23.5 Å². The molecule has 7 nitrogen and oxygen atoms in total. The van der Waals surface area contributed by atoms with Gasteiger partial charge in [-0.15, -0.1) is 22.0 Å². The molecule has 0 bridgehead atoms. The molecule has 0 aliphatic rings. The summed E-state index contributed by atoms with van der Waals surface area (Å²) in [5, 5.41) is 12.0. The predicted octanol–water partition coefficient (Wildman–Crippen LogP) is 4.16. The molecule has 0 radical (unpaired) electrons. The Morgan fingerprint density at radius 1 is 1.17 bits per heavy atom. The number of aromatic nitrogens is 3. The highest BCUT2D eigenvalue weighted by Crippen LogP contribution is 2.29. The Labute approximate surface area is 184 Å². The van der Waals surface area contributed by atoms with Gasteiger partial charge in [-0.05, 0) is 43.0 Å². The van der Waals surface area contributed by atoms with Crippen LogP contribution in [0.1, 0.15) is 11.4 Å². The number of hydrogen-bond acceptors (Lipinski definition) is 7. The molecule has 0 aliphatic carbocycles. The first-order chi connectivity index (χ1) is 14.5. The van der Waals surface area contributed by atoms with Crippen LogP contribution in [0.4, 0.5) is 5.69 Å². The Hall–Kier alpha value is -2.65. The summed E-state index contributed by atoms with van der Waals surface area (Å²) >= 11 is 2.92. The monoisotopic (exact) mass is 444 g/mol. The number of carbonyl (C=O) groups excluding carboxylic acids is 1. The Balaban J connectivity index is 1.57. The highest BCUT2D eigenvalue weighted by atomic mass is 32.2. The van der Waals surface area contributed by atoms with Crippen LogP contribution in [0, 0.1) is 6.92 Å². The fourth-order valence-corrected chi connectivity index (χ4v) is 3.98. The molecule has 0 fully saturated rings. The average Bonchev–Trinajstić information content (AvgIpc) is 3.11. The van der Waals surface area contributed by atoms with Crippen LogP contribution in [0.25, 0.3) is 0 Å². The number of nitrogens with one attached hydrogen (secondary N) is 1. The van der Waals surface area contributed by atoms with Gasteiger partial charge in [0.1, 0.15) is 6.61 Å². The second kappa shape index (κ2) is 10.4. The molecule has 30 heavy (non-hydrogen) atoms. The van der Waals surface area contributed by atoms with E-state index in [1.807, 2.05) is 67.3 Å². The zero-order valence-electron chi connectivity index (χ0n) is 17.3. The lowest BCUT2D eigenvalue weighted by atomic mass is 10.2. The van der Waals surface area contributed by atoms with Gasteiger partial charge in [0.05, 0.1) is 18.6 Å². The molecule has 0 aliphatic heterocycles. The molecular weight excluding hydrogens is 420 g/mol. The van der Waals surface area contributed by atoms with Crippen molar-refractivity contribution in [1.29, 1.82) is 0 Å². The van der Waals surface area contributed by atoms with Gasteiger partial charge in [-0.2, -0.15) is 0 Å². The summed E-state index contributed by atoms with van der Waals surface area (Å²) in [5.74, 6) is 2.13. The normalized spacial score (nSPS) is 10.7. The average molecular weight is 445 g/mol. The third kappa shape index (κ3) is 5.48. The number of ether oxygens (including phenoxy) is 2. The van der Waals surface area contributed by atoms with E-state index in [1.165, 1.54) is 11.8 Å². The molecule has 9 heteroatoms. The number of carbonyl (C=O) groups is 1. The summed E-state index contributed by atoms with van der Waals surface area (Å²) in [6, 6.07) is 13.5. The van der Waals surface area contributed by atoms with Gasteiger partial charge < -0.3 is 19.4 Å². The molecule has 0 atom stereocenters. The molecule has 0 unspecified atom stereocenters. The van der Waals surface area contributed by atoms with Gasteiger partial charge >= 0.3 is 0 Å². The standard InChI is InChI=1S/C21H24N4O3S2/c1-14-9-10-16(17(11-14)27-3)28-12-19-23-24-21(25(19)2)30-13-20(26)22-15-7-5-6-8-18(15)29-4/h5-11H,12-13H2,1-4H3,(H,22,26). The number of rotatable bonds is 9. The zero-order valence-corrected chi connectivity index (χ0v) is 19.0. The molecule has 158 valence electrons. The third-order valence-electron chi connectivity index (χ3n) is 4.31. The Bertz CT molecular complexity index is 1020. The van der Waals surface area contributed by atoms with Gasteiger partial charge in [-0.25, -0.2) is 0 Å². The minimum Gasteiger partial charge on any atom is -0.493 e. The van der Waals surface area contributed by atoms with Crippen LogP contribution in [-0.2, 0) is 18.4 Å². The van der Waals surface area contributed by atoms with E-state index < -0.39 is 0 Å². The Kier molecular flexibility index (Phi) is 7.64. The van der Waals surface area contributed by atoms with Crippen molar-refractivity contribution in [3.8, 4) is 11.5 Å². The van der Waals surface area contributed by atoms with Crippen LogP contribution in [0.15, 0.2) is 52.5 Å². The van der Waals surface area contributed by atoms with Crippen molar-refractivity contribution in [2.75, 3.05) is 24.4 Å². The van der Waals surface area contributed by atoms with E-state index in [-0.39, 0.29) is 18.3 Å². The van der Waals surface area contributed by atoms with E-state index in [9.17, 15) is 4.79 Å². The van der Waals surface area contributed by atoms with Crippen LogP contribution in [0.2, 0.25) is 0 Å². The number of thioether (sulfide) groups is 2. The minimum atomic E-state index is -0.0910. The number of hydrogen-bond donors (Lipinski definition) is 1. The third-order valence-corrected chi connectivity index (χ3v) is 6.13. The number of benzene rings is 2. The maximum absolute atomic E-state index is 12.3. The second-order valence-corrected chi connectivity index (χ2v) is 8.23. The molecule has 1 aromatic heterocycles. The van der Waals surface area contributed by atoms with Gasteiger partial charge in [-0.3, -0.25) is 4.79 Å². The summed E-state index contributed by atoms with van der Waals surface area (Å²) < 4.78 is 13.0. The molecule has 3 aromatic rings. The first-order valence-corrected chi connectivity index (χ1v) is 11.4. The lowest BCUT2D eigenvalue weighted by Gasteiger charge is -2.11. The molecule has 3 rings (SSSR count). The highest BCUT2D eigenvalue weighted by molar-refractivity contribution is 7.99. The molecule has 1 N–H and O–H groups in total. The van der Waals surface area contributed by atoms with Crippen molar-refractivity contribution >= 4 is 35.1 Å². The largest absolute Gasteiger partial charge is 0.493 e. The Morgan fingerprint density at radius 3 is 2.73 bits per heavy atom.